The number of nitrogens with zero attached hydrogens (tertiary/aromatic N) is 1. The number of cyclic esters (lactones) is 1. The molecule has 5 aliphatic rings. The van der Waals surface area contributed by atoms with Gasteiger partial charge in [0.25, 0.3) is 0 Å². The van der Waals surface area contributed by atoms with Crippen LogP contribution in [-0.4, -0.2) is 54.4 Å². The van der Waals surface area contributed by atoms with E-state index >= 15 is 0 Å². The Bertz CT molecular complexity index is 837. The third-order valence-electron chi connectivity index (χ3n) is 8.05. The standard InChI is InChI=1S/C22H27NO5.C4H8O/c1-13-20-18(5-3-15-2-4-16(24)12-23-15)17-6-7-22(26-8-9-27-22)11-14(17)10-19(20)21(25)28-13;1-2-4-5-3-1/h2-5,12-14,17-20,24H,6-11H2,1H3;1-4H2/b5-3+;/t13-,14-,17-,18+,19-,20+;/m1./s1. The van der Waals surface area contributed by atoms with Crippen LogP contribution < -0.4 is 0 Å². The average molecular weight is 458 g/mol. The maximum Gasteiger partial charge on any atom is 0.309 e. The maximum atomic E-state index is 12.5. The number of aromatic nitrogens is 1. The number of hydrogen-bond acceptors (Lipinski definition) is 7. The summed E-state index contributed by atoms with van der Waals surface area (Å²) in [6, 6.07) is 3.45. The van der Waals surface area contributed by atoms with Crippen molar-refractivity contribution in [3.8, 4) is 5.75 Å². The summed E-state index contributed by atoms with van der Waals surface area (Å²) in [5, 5.41) is 9.45. The normalized spacial score (nSPS) is 36.8. The van der Waals surface area contributed by atoms with Gasteiger partial charge in [0.15, 0.2) is 5.79 Å². The van der Waals surface area contributed by atoms with Gasteiger partial charge in [0.2, 0.25) is 0 Å². The third-order valence-corrected chi connectivity index (χ3v) is 8.05. The number of fused-ring (bicyclic) bond motifs is 2. The molecule has 4 heterocycles. The molecule has 2 aliphatic carbocycles. The van der Waals surface area contributed by atoms with Gasteiger partial charge in [-0.05, 0) is 68.6 Å². The number of allylic oxidation sites excluding steroid dienone is 1. The molecule has 0 radical (unpaired) electrons. The zero-order valence-corrected chi connectivity index (χ0v) is 19.4. The Kier molecular flexibility index (Phi) is 6.72. The van der Waals surface area contributed by atoms with E-state index in [0.29, 0.717) is 25.0 Å². The molecule has 180 valence electrons. The number of ether oxygens (including phenoxy) is 4. The number of hydrogen-bond donors (Lipinski definition) is 1. The minimum Gasteiger partial charge on any atom is -0.506 e. The second-order valence-corrected chi connectivity index (χ2v) is 10.0. The van der Waals surface area contributed by atoms with E-state index in [-0.39, 0.29) is 35.6 Å². The predicted molar refractivity (Wildman–Crippen MR) is 121 cm³/mol. The Labute approximate surface area is 195 Å². The van der Waals surface area contributed by atoms with Gasteiger partial charge in [0, 0.05) is 32.0 Å². The van der Waals surface area contributed by atoms with E-state index in [1.807, 2.05) is 13.0 Å². The molecule has 1 spiro atoms. The minimum absolute atomic E-state index is 0.0461. The number of esters is 1. The fraction of sp³-hybridized carbons (Fsp3) is 0.692. The second-order valence-electron chi connectivity index (χ2n) is 10.0. The van der Waals surface area contributed by atoms with Crippen molar-refractivity contribution in [3.05, 3.63) is 30.1 Å². The Morgan fingerprint density at radius 1 is 1.15 bits per heavy atom. The third kappa shape index (κ3) is 4.81. The first-order valence-electron chi connectivity index (χ1n) is 12.4. The second kappa shape index (κ2) is 9.72. The molecule has 0 amide bonds. The highest BCUT2D eigenvalue weighted by Crippen LogP contribution is 2.56. The van der Waals surface area contributed by atoms with Gasteiger partial charge < -0.3 is 24.1 Å². The summed E-state index contributed by atoms with van der Waals surface area (Å²) < 4.78 is 22.5. The zero-order valence-electron chi connectivity index (χ0n) is 19.4. The van der Waals surface area contributed by atoms with E-state index in [1.165, 1.54) is 19.0 Å². The molecule has 7 heteroatoms. The topological polar surface area (TPSA) is 87.1 Å². The number of pyridine rings is 1. The number of aromatic hydroxyl groups is 1. The first-order valence-corrected chi connectivity index (χ1v) is 12.4. The van der Waals surface area contributed by atoms with Gasteiger partial charge in [-0.15, -0.1) is 0 Å². The van der Waals surface area contributed by atoms with Crippen LogP contribution in [0.2, 0.25) is 0 Å². The molecule has 0 bridgehead atoms. The molecule has 7 nitrogen and oxygen atoms in total. The summed E-state index contributed by atoms with van der Waals surface area (Å²) in [6.07, 6.45) is 11.9. The van der Waals surface area contributed by atoms with Crippen LogP contribution in [0.3, 0.4) is 0 Å². The van der Waals surface area contributed by atoms with Crippen LogP contribution in [0.5, 0.6) is 5.75 Å². The van der Waals surface area contributed by atoms with Gasteiger partial charge in [-0.1, -0.05) is 6.08 Å². The largest absolute Gasteiger partial charge is 0.506 e. The van der Waals surface area contributed by atoms with Crippen LogP contribution in [0.1, 0.15) is 51.1 Å². The van der Waals surface area contributed by atoms with E-state index in [2.05, 4.69) is 11.1 Å². The number of rotatable bonds is 2. The summed E-state index contributed by atoms with van der Waals surface area (Å²) in [5.41, 5.74) is 0.809. The van der Waals surface area contributed by atoms with Crippen molar-refractivity contribution >= 4 is 12.0 Å². The summed E-state index contributed by atoms with van der Waals surface area (Å²) in [7, 11) is 0. The lowest BCUT2D eigenvalue weighted by Gasteiger charge is -2.49. The number of carbonyl (C=O) groups is 1. The Hall–Kier alpha value is -1.96. The van der Waals surface area contributed by atoms with Crippen LogP contribution in [-0.2, 0) is 23.7 Å². The summed E-state index contributed by atoms with van der Waals surface area (Å²) in [4.78, 5) is 16.8. The van der Waals surface area contributed by atoms with Crippen molar-refractivity contribution in [2.24, 2.45) is 29.6 Å². The zero-order chi connectivity index (χ0) is 22.8. The van der Waals surface area contributed by atoms with Gasteiger partial charge >= 0.3 is 5.97 Å². The molecule has 6 rings (SSSR count). The Balaban J connectivity index is 0.000000406. The molecular weight excluding hydrogens is 422 g/mol. The van der Waals surface area contributed by atoms with Crippen molar-refractivity contribution < 1.29 is 28.8 Å². The van der Waals surface area contributed by atoms with Crippen LogP contribution in [0.4, 0.5) is 0 Å². The van der Waals surface area contributed by atoms with Crippen molar-refractivity contribution in [1.29, 1.82) is 0 Å². The molecule has 0 unspecified atom stereocenters. The molecule has 1 aromatic rings. The highest BCUT2D eigenvalue weighted by atomic mass is 16.7. The van der Waals surface area contributed by atoms with Crippen LogP contribution >= 0.6 is 0 Å². The molecule has 5 fully saturated rings. The Morgan fingerprint density at radius 3 is 2.61 bits per heavy atom. The maximum absolute atomic E-state index is 12.5. The first-order chi connectivity index (χ1) is 16.0. The van der Waals surface area contributed by atoms with Gasteiger partial charge in [-0.25, -0.2) is 0 Å². The first kappa shape index (κ1) is 22.8. The molecule has 3 saturated heterocycles. The lowest BCUT2D eigenvalue weighted by molar-refractivity contribution is -0.204. The average Bonchev–Trinajstić information content (AvgIpc) is 3.57. The number of carbonyl (C=O) groups excluding carboxylic acids is 1. The summed E-state index contributed by atoms with van der Waals surface area (Å²) in [6.45, 7) is 5.35. The minimum atomic E-state index is -0.436. The molecule has 33 heavy (non-hydrogen) atoms. The molecule has 3 aliphatic heterocycles. The Morgan fingerprint density at radius 2 is 1.94 bits per heavy atom. The quantitative estimate of drug-likeness (QED) is 0.673. The fourth-order valence-corrected chi connectivity index (χ4v) is 6.57. The summed E-state index contributed by atoms with van der Waals surface area (Å²) in [5.74, 6) is 0.988. The fourth-order valence-electron chi connectivity index (χ4n) is 6.57. The van der Waals surface area contributed by atoms with Crippen molar-refractivity contribution in [3.63, 3.8) is 0 Å². The highest BCUT2D eigenvalue weighted by molar-refractivity contribution is 5.75. The lowest BCUT2D eigenvalue weighted by Crippen LogP contribution is -2.49. The predicted octanol–water partition coefficient (Wildman–Crippen LogP) is 3.95. The van der Waals surface area contributed by atoms with E-state index in [4.69, 9.17) is 18.9 Å². The van der Waals surface area contributed by atoms with Crippen molar-refractivity contribution in [2.45, 2.75) is 57.3 Å². The molecule has 1 aromatic heterocycles. The van der Waals surface area contributed by atoms with Crippen molar-refractivity contribution in [1.82, 2.24) is 4.98 Å². The van der Waals surface area contributed by atoms with Gasteiger partial charge in [-0.3, -0.25) is 9.78 Å². The lowest BCUT2D eigenvalue weighted by atomic mass is 9.56. The summed E-state index contributed by atoms with van der Waals surface area (Å²) >= 11 is 0. The van der Waals surface area contributed by atoms with Crippen LogP contribution in [0.25, 0.3) is 6.08 Å². The SMILES string of the molecule is C1CCOC1.C[C@H]1OC(=O)[C@@H]2C[C@@H]3CC4(CC[C@H]3[C@H](/C=C/c3ccc(O)cn3)[C@H]12)OCCO4. The molecule has 1 N–H and O–H groups in total. The van der Waals surface area contributed by atoms with Gasteiger partial charge in [0.1, 0.15) is 11.9 Å². The van der Waals surface area contributed by atoms with E-state index in [1.54, 1.807) is 12.1 Å². The molecule has 2 saturated carbocycles. The monoisotopic (exact) mass is 457 g/mol. The van der Waals surface area contributed by atoms with Crippen LogP contribution in [0.15, 0.2) is 24.4 Å². The van der Waals surface area contributed by atoms with Crippen LogP contribution in [0, 0.1) is 29.6 Å². The van der Waals surface area contributed by atoms with E-state index in [0.717, 1.165) is 44.6 Å². The van der Waals surface area contributed by atoms with Gasteiger partial charge in [-0.2, -0.15) is 0 Å². The smallest absolute Gasteiger partial charge is 0.309 e. The van der Waals surface area contributed by atoms with Crippen molar-refractivity contribution in [2.75, 3.05) is 26.4 Å². The molecule has 6 atom stereocenters. The van der Waals surface area contributed by atoms with E-state index in [9.17, 15) is 9.90 Å². The molecular formula is C26H35NO6. The van der Waals surface area contributed by atoms with E-state index < -0.39 is 5.79 Å². The highest BCUT2D eigenvalue weighted by Gasteiger charge is 2.57. The van der Waals surface area contributed by atoms with Gasteiger partial charge in [0.05, 0.1) is 31.0 Å². The molecule has 0 aromatic carbocycles.